The first kappa shape index (κ1) is 15.3. The number of ether oxygens (including phenoxy) is 1. The van der Waals surface area contributed by atoms with Gasteiger partial charge in [0.05, 0.1) is 0 Å². The third-order valence-corrected chi connectivity index (χ3v) is 8.58. The molecule has 2 aromatic rings. The third-order valence-electron chi connectivity index (χ3n) is 3.55. The second-order valence-corrected chi connectivity index (χ2v) is 10.4. The Bertz CT molecular complexity index is 521. The average molecular weight is 410 g/mol. The fourth-order valence-corrected chi connectivity index (χ4v) is 6.79. The van der Waals surface area contributed by atoms with Crippen LogP contribution in [0.15, 0.2) is 60.7 Å². The molecule has 3 heteroatoms. The Morgan fingerprint density at radius 1 is 0.857 bits per heavy atom. The van der Waals surface area contributed by atoms with Crippen molar-refractivity contribution >= 4 is 38.8 Å². The third kappa shape index (κ3) is 4.98. The van der Waals surface area contributed by atoms with E-state index < -0.39 is 0 Å². The molecule has 0 aromatic heterocycles. The number of hydrogen-bond donors (Lipinski definition) is 0. The molecule has 2 unspecified atom stereocenters. The van der Waals surface area contributed by atoms with Crippen LogP contribution in [0.3, 0.4) is 0 Å². The zero-order valence-electron chi connectivity index (χ0n) is 12.0. The van der Waals surface area contributed by atoms with Crippen LogP contribution in [0, 0.1) is 0 Å². The molecule has 0 bridgehead atoms. The summed E-state index contributed by atoms with van der Waals surface area (Å²) in [6.07, 6.45) is 3.08. The molecule has 0 spiro atoms. The molecular formula is C18H20OSe2. The summed E-state index contributed by atoms with van der Waals surface area (Å²) >= 11 is 1.13. The first-order valence-corrected chi connectivity index (χ1v) is 11.3. The van der Waals surface area contributed by atoms with Gasteiger partial charge in [0, 0.05) is 0 Å². The predicted octanol–water partition coefficient (Wildman–Crippen LogP) is 2.43. The number of rotatable bonds is 5. The molecule has 1 nitrogen and oxygen atoms in total. The van der Waals surface area contributed by atoms with Crippen LogP contribution < -0.4 is 8.92 Å². The van der Waals surface area contributed by atoms with Gasteiger partial charge < -0.3 is 0 Å². The Hall–Kier alpha value is -0.561. The van der Waals surface area contributed by atoms with Crippen molar-refractivity contribution in [2.24, 2.45) is 0 Å². The van der Waals surface area contributed by atoms with Gasteiger partial charge in [0.1, 0.15) is 0 Å². The normalized spacial score (nSPS) is 22.1. The van der Waals surface area contributed by atoms with Crippen LogP contribution in [0.4, 0.5) is 0 Å². The van der Waals surface area contributed by atoms with Crippen LogP contribution in [0.2, 0.25) is 10.1 Å². The molecule has 21 heavy (non-hydrogen) atoms. The maximum absolute atomic E-state index is 6.12. The summed E-state index contributed by atoms with van der Waals surface area (Å²) in [7, 11) is 0. The second-order valence-electron chi connectivity index (χ2n) is 5.21. The van der Waals surface area contributed by atoms with Crippen molar-refractivity contribution in [2.75, 3.05) is 6.61 Å². The monoisotopic (exact) mass is 412 g/mol. The quantitative estimate of drug-likeness (QED) is 0.689. The summed E-state index contributed by atoms with van der Waals surface area (Å²) in [4.78, 5) is 0.764. The molecule has 0 amide bonds. The van der Waals surface area contributed by atoms with Crippen LogP contribution >= 0.6 is 0 Å². The standard InChI is InChI=1S/C18H20OSe2/c1-3-7-16(8-4-1)20-14-15-11-12-18(13-19-15)21-17-9-5-2-6-10-17/h1-10,15,18H,11-14H2. The Kier molecular flexibility index (Phi) is 5.97. The molecule has 3 rings (SSSR count). The van der Waals surface area contributed by atoms with Crippen molar-refractivity contribution in [3.05, 3.63) is 60.7 Å². The molecule has 1 aliphatic heterocycles. The summed E-state index contributed by atoms with van der Waals surface area (Å²) in [6.45, 7) is 0.963. The van der Waals surface area contributed by atoms with Crippen LogP contribution in [0.25, 0.3) is 0 Å². The molecule has 0 aliphatic carbocycles. The fraction of sp³-hybridized carbons (Fsp3) is 0.333. The van der Waals surface area contributed by atoms with Gasteiger partial charge in [-0.05, 0) is 0 Å². The topological polar surface area (TPSA) is 9.23 Å². The summed E-state index contributed by atoms with van der Waals surface area (Å²) in [6, 6.07) is 21.7. The zero-order valence-corrected chi connectivity index (χ0v) is 15.4. The molecule has 0 N–H and O–H groups in total. The van der Waals surface area contributed by atoms with Gasteiger partial charge in [-0.15, -0.1) is 0 Å². The van der Waals surface area contributed by atoms with Crippen molar-refractivity contribution in [3.63, 3.8) is 0 Å². The molecule has 2 atom stereocenters. The Morgan fingerprint density at radius 3 is 2.14 bits per heavy atom. The van der Waals surface area contributed by atoms with Gasteiger partial charge in [0.15, 0.2) is 0 Å². The number of hydrogen-bond acceptors (Lipinski definition) is 1. The summed E-state index contributed by atoms with van der Waals surface area (Å²) in [5.74, 6) is 0. The van der Waals surface area contributed by atoms with Crippen LogP contribution in [-0.4, -0.2) is 42.6 Å². The van der Waals surface area contributed by atoms with Gasteiger partial charge in [-0.1, -0.05) is 0 Å². The van der Waals surface area contributed by atoms with Gasteiger partial charge in [0.25, 0.3) is 0 Å². The molecule has 110 valence electrons. The molecule has 1 aliphatic rings. The van der Waals surface area contributed by atoms with Crippen LogP contribution in [0.1, 0.15) is 12.8 Å². The van der Waals surface area contributed by atoms with E-state index in [9.17, 15) is 0 Å². The molecule has 0 saturated carbocycles. The minimum absolute atomic E-state index is 0.494. The molecule has 1 heterocycles. The van der Waals surface area contributed by atoms with E-state index in [-0.39, 0.29) is 0 Å². The molecule has 2 aromatic carbocycles. The average Bonchev–Trinajstić information content (AvgIpc) is 2.56. The number of benzene rings is 2. The van der Waals surface area contributed by atoms with Gasteiger partial charge in [-0.25, -0.2) is 0 Å². The van der Waals surface area contributed by atoms with E-state index in [4.69, 9.17) is 4.74 Å². The molecule has 1 saturated heterocycles. The predicted molar refractivity (Wildman–Crippen MR) is 91.2 cm³/mol. The van der Waals surface area contributed by atoms with E-state index in [1.165, 1.54) is 27.1 Å². The van der Waals surface area contributed by atoms with Crippen LogP contribution in [-0.2, 0) is 4.74 Å². The molecule has 1 fully saturated rings. The van der Waals surface area contributed by atoms with E-state index >= 15 is 0 Å². The molecular weight excluding hydrogens is 390 g/mol. The molecule has 0 radical (unpaired) electrons. The summed E-state index contributed by atoms with van der Waals surface area (Å²) in [5, 5.41) is 1.22. The van der Waals surface area contributed by atoms with E-state index in [1.807, 2.05) is 0 Å². The van der Waals surface area contributed by atoms with E-state index in [2.05, 4.69) is 60.7 Å². The Balaban J connectivity index is 1.41. The van der Waals surface area contributed by atoms with Crippen LogP contribution in [0.5, 0.6) is 0 Å². The second kappa shape index (κ2) is 8.17. The Morgan fingerprint density at radius 2 is 1.52 bits per heavy atom. The first-order chi connectivity index (χ1) is 10.4. The first-order valence-electron chi connectivity index (χ1n) is 7.41. The van der Waals surface area contributed by atoms with Gasteiger partial charge in [0.2, 0.25) is 0 Å². The zero-order chi connectivity index (χ0) is 14.3. The Labute approximate surface area is 139 Å². The van der Waals surface area contributed by atoms with E-state index in [0.29, 0.717) is 36.0 Å². The van der Waals surface area contributed by atoms with Crippen molar-refractivity contribution in [1.82, 2.24) is 0 Å². The van der Waals surface area contributed by atoms with Gasteiger partial charge in [-0.3, -0.25) is 0 Å². The maximum atomic E-state index is 6.12. The minimum atomic E-state index is 0.494. The van der Waals surface area contributed by atoms with E-state index in [0.717, 1.165) is 11.4 Å². The van der Waals surface area contributed by atoms with Crippen molar-refractivity contribution in [1.29, 1.82) is 0 Å². The van der Waals surface area contributed by atoms with Crippen molar-refractivity contribution in [2.45, 2.75) is 29.1 Å². The van der Waals surface area contributed by atoms with Crippen molar-refractivity contribution < 1.29 is 4.74 Å². The summed E-state index contributed by atoms with van der Waals surface area (Å²) < 4.78 is 9.11. The fourth-order valence-electron chi connectivity index (χ4n) is 2.40. The SMILES string of the molecule is c1ccc([Se]CC2CCC([Se]c3ccccc3)CO2)cc1. The summed E-state index contributed by atoms with van der Waals surface area (Å²) in [5.41, 5.74) is 0. The van der Waals surface area contributed by atoms with Crippen molar-refractivity contribution in [3.8, 4) is 0 Å². The van der Waals surface area contributed by atoms with Gasteiger partial charge >= 0.3 is 140 Å². The van der Waals surface area contributed by atoms with Gasteiger partial charge in [-0.2, -0.15) is 0 Å². The van der Waals surface area contributed by atoms with E-state index in [1.54, 1.807) is 0 Å².